The lowest BCUT2D eigenvalue weighted by atomic mass is 9.99. The van der Waals surface area contributed by atoms with Crippen molar-refractivity contribution in [3.05, 3.63) is 0 Å². The molecule has 0 aromatic rings. The zero-order valence-electron chi connectivity index (χ0n) is 13.1. The minimum Gasteiger partial charge on any atom is -0.379 e. The van der Waals surface area contributed by atoms with Crippen molar-refractivity contribution in [1.29, 1.82) is 0 Å². The Hall–Kier alpha value is -0.650. The van der Waals surface area contributed by atoms with Crippen LogP contribution in [0, 0.1) is 11.8 Å². The number of carbonyl (C=O) groups excluding carboxylic acids is 1. The van der Waals surface area contributed by atoms with Crippen molar-refractivity contribution in [1.82, 2.24) is 9.80 Å². The van der Waals surface area contributed by atoms with Crippen molar-refractivity contribution in [2.45, 2.75) is 32.2 Å². The second-order valence-electron chi connectivity index (χ2n) is 6.64. The summed E-state index contributed by atoms with van der Waals surface area (Å²) in [4.78, 5) is 16.8. The van der Waals surface area contributed by atoms with Crippen LogP contribution in [-0.4, -0.2) is 74.4 Å². The van der Waals surface area contributed by atoms with Crippen molar-refractivity contribution in [3.63, 3.8) is 0 Å². The first-order valence-corrected chi connectivity index (χ1v) is 8.45. The molecule has 3 aliphatic rings. The van der Waals surface area contributed by atoms with E-state index in [-0.39, 0.29) is 12.5 Å². The molecule has 2 atom stereocenters. The van der Waals surface area contributed by atoms with E-state index in [9.17, 15) is 4.79 Å². The van der Waals surface area contributed by atoms with Gasteiger partial charge in [0.25, 0.3) is 0 Å². The normalized spacial score (nSPS) is 30.8. The van der Waals surface area contributed by atoms with E-state index >= 15 is 0 Å². The lowest BCUT2D eigenvalue weighted by Gasteiger charge is -2.34. The highest BCUT2D eigenvalue weighted by Gasteiger charge is 2.38. The number of ether oxygens (including phenoxy) is 2. The molecule has 0 N–H and O–H groups in total. The molecule has 2 saturated heterocycles. The second-order valence-corrected chi connectivity index (χ2v) is 6.64. The topological polar surface area (TPSA) is 42.0 Å². The molecule has 0 spiro atoms. The van der Waals surface area contributed by atoms with Crippen molar-refractivity contribution in [3.8, 4) is 0 Å². The van der Waals surface area contributed by atoms with Crippen molar-refractivity contribution in [2.75, 3.05) is 52.6 Å². The summed E-state index contributed by atoms with van der Waals surface area (Å²) in [5, 5.41) is 0. The molecule has 120 valence electrons. The molecule has 2 aliphatic heterocycles. The Morgan fingerprint density at radius 1 is 1.24 bits per heavy atom. The molecule has 5 heteroatoms. The van der Waals surface area contributed by atoms with Crippen LogP contribution in [0.25, 0.3) is 0 Å². The molecule has 3 rings (SSSR count). The SMILES string of the molecule is CC[C@@H]1CN(C(=O)COCC2CC2)C[C@H]1N1CCOCC1. The summed E-state index contributed by atoms with van der Waals surface area (Å²) in [5.41, 5.74) is 0. The Labute approximate surface area is 127 Å². The van der Waals surface area contributed by atoms with E-state index in [1.165, 1.54) is 12.8 Å². The van der Waals surface area contributed by atoms with Gasteiger partial charge in [-0.05, 0) is 24.7 Å². The van der Waals surface area contributed by atoms with E-state index in [2.05, 4.69) is 11.8 Å². The predicted molar refractivity (Wildman–Crippen MR) is 80.1 cm³/mol. The molecule has 0 radical (unpaired) electrons. The van der Waals surface area contributed by atoms with E-state index < -0.39 is 0 Å². The van der Waals surface area contributed by atoms with Crippen LogP contribution in [0.1, 0.15) is 26.2 Å². The Kier molecular flexibility index (Phi) is 5.14. The van der Waals surface area contributed by atoms with Crippen molar-refractivity contribution >= 4 is 5.91 Å². The lowest BCUT2D eigenvalue weighted by Crippen LogP contribution is -2.47. The average Bonchev–Trinajstić information content (AvgIpc) is 3.24. The van der Waals surface area contributed by atoms with Gasteiger partial charge in [0.2, 0.25) is 5.91 Å². The second kappa shape index (κ2) is 7.07. The summed E-state index contributed by atoms with van der Waals surface area (Å²) in [7, 11) is 0. The molecule has 5 nitrogen and oxygen atoms in total. The molecule has 1 amide bonds. The Balaban J connectivity index is 1.48. The minimum absolute atomic E-state index is 0.171. The molecular weight excluding hydrogens is 268 g/mol. The number of hydrogen-bond donors (Lipinski definition) is 0. The third kappa shape index (κ3) is 3.96. The fourth-order valence-electron chi connectivity index (χ4n) is 3.47. The third-order valence-electron chi connectivity index (χ3n) is 5.07. The molecule has 21 heavy (non-hydrogen) atoms. The maximum Gasteiger partial charge on any atom is 0.248 e. The van der Waals surface area contributed by atoms with Gasteiger partial charge in [-0.2, -0.15) is 0 Å². The molecule has 0 aromatic heterocycles. The smallest absolute Gasteiger partial charge is 0.248 e. The van der Waals surface area contributed by atoms with Crippen LogP contribution in [-0.2, 0) is 14.3 Å². The van der Waals surface area contributed by atoms with Gasteiger partial charge >= 0.3 is 0 Å². The summed E-state index contributed by atoms with van der Waals surface area (Å²) in [6.07, 6.45) is 3.68. The van der Waals surface area contributed by atoms with Gasteiger partial charge in [0, 0.05) is 32.2 Å². The molecular formula is C16H28N2O3. The predicted octanol–water partition coefficient (Wildman–Crippen LogP) is 0.982. The maximum absolute atomic E-state index is 12.3. The number of rotatable bonds is 6. The van der Waals surface area contributed by atoms with Gasteiger partial charge in [0.05, 0.1) is 19.8 Å². The average molecular weight is 296 g/mol. The van der Waals surface area contributed by atoms with E-state index in [0.29, 0.717) is 12.0 Å². The van der Waals surface area contributed by atoms with Crippen LogP contribution in [0.15, 0.2) is 0 Å². The van der Waals surface area contributed by atoms with E-state index in [0.717, 1.165) is 58.3 Å². The quantitative estimate of drug-likeness (QED) is 0.733. The minimum atomic E-state index is 0.171. The van der Waals surface area contributed by atoms with Gasteiger partial charge in [0.15, 0.2) is 0 Å². The number of nitrogens with zero attached hydrogens (tertiary/aromatic N) is 2. The largest absolute Gasteiger partial charge is 0.379 e. The number of hydrogen-bond acceptors (Lipinski definition) is 4. The molecule has 3 fully saturated rings. The highest BCUT2D eigenvalue weighted by molar-refractivity contribution is 5.77. The molecule has 1 saturated carbocycles. The third-order valence-corrected chi connectivity index (χ3v) is 5.07. The highest BCUT2D eigenvalue weighted by Crippen LogP contribution is 2.29. The van der Waals surface area contributed by atoms with Crippen LogP contribution in [0.4, 0.5) is 0 Å². The molecule has 2 heterocycles. The maximum atomic E-state index is 12.3. The van der Waals surface area contributed by atoms with Crippen LogP contribution in [0.3, 0.4) is 0 Å². The summed E-state index contributed by atoms with van der Waals surface area (Å²) < 4.78 is 11.0. The number of likely N-dealkylation sites (tertiary alicyclic amines) is 1. The monoisotopic (exact) mass is 296 g/mol. The number of carbonyl (C=O) groups is 1. The van der Waals surface area contributed by atoms with Crippen LogP contribution in [0.2, 0.25) is 0 Å². The Morgan fingerprint density at radius 2 is 2.00 bits per heavy atom. The fourth-order valence-corrected chi connectivity index (χ4v) is 3.47. The lowest BCUT2D eigenvalue weighted by molar-refractivity contribution is -0.135. The van der Waals surface area contributed by atoms with Crippen LogP contribution >= 0.6 is 0 Å². The van der Waals surface area contributed by atoms with Gasteiger partial charge in [-0.25, -0.2) is 0 Å². The molecule has 1 aliphatic carbocycles. The molecule has 0 aromatic carbocycles. The standard InChI is InChI=1S/C16H28N2O3/c1-2-14-9-18(16(19)12-21-11-13-3-4-13)10-15(14)17-5-7-20-8-6-17/h13-15H,2-12H2,1H3/t14-,15-/m1/s1. The summed E-state index contributed by atoms with van der Waals surface area (Å²) in [6, 6.07) is 0.506. The summed E-state index contributed by atoms with van der Waals surface area (Å²) >= 11 is 0. The zero-order valence-corrected chi connectivity index (χ0v) is 13.1. The fraction of sp³-hybridized carbons (Fsp3) is 0.938. The Morgan fingerprint density at radius 3 is 2.67 bits per heavy atom. The molecule has 0 bridgehead atoms. The van der Waals surface area contributed by atoms with Gasteiger partial charge in [0.1, 0.15) is 6.61 Å². The first-order chi connectivity index (χ1) is 10.3. The van der Waals surface area contributed by atoms with Gasteiger partial charge in [-0.3, -0.25) is 9.69 Å². The van der Waals surface area contributed by atoms with Crippen LogP contribution < -0.4 is 0 Å². The zero-order chi connectivity index (χ0) is 14.7. The van der Waals surface area contributed by atoms with E-state index in [1.54, 1.807) is 0 Å². The summed E-state index contributed by atoms with van der Waals surface area (Å²) in [6.45, 7) is 8.68. The molecule has 0 unspecified atom stereocenters. The Bertz CT molecular complexity index is 353. The van der Waals surface area contributed by atoms with Gasteiger partial charge in [-0.15, -0.1) is 0 Å². The van der Waals surface area contributed by atoms with E-state index in [1.807, 2.05) is 4.90 Å². The number of morpholine rings is 1. The van der Waals surface area contributed by atoms with Gasteiger partial charge < -0.3 is 14.4 Å². The van der Waals surface area contributed by atoms with Gasteiger partial charge in [-0.1, -0.05) is 13.3 Å². The number of amides is 1. The van der Waals surface area contributed by atoms with Crippen LogP contribution in [0.5, 0.6) is 0 Å². The first kappa shape index (κ1) is 15.3. The van der Waals surface area contributed by atoms with Crippen molar-refractivity contribution < 1.29 is 14.3 Å². The highest BCUT2D eigenvalue weighted by atomic mass is 16.5. The van der Waals surface area contributed by atoms with Crippen molar-refractivity contribution in [2.24, 2.45) is 11.8 Å². The van der Waals surface area contributed by atoms with E-state index in [4.69, 9.17) is 9.47 Å². The first-order valence-electron chi connectivity index (χ1n) is 8.45. The summed E-state index contributed by atoms with van der Waals surface area (Å²) in [5.74, 6) is 1.49.